The summed E-state index contributed by atoms with van der Waals surface area (Å²) >= 11 is 1.13. The highest BCUT2D eigenvalue weighted by Crippen LogP contribution is 2.42. The van der Waals surface area contributed by atoms with E-state index in [0.717, 1.165) is 23.0 Å². The third kappa shape index (κ3) is 3.86. The Morgan fingerprint density at radius 3 is 2.77 bits per heavy atom. The van der Waals surface area contributed by atoms with Gasteiger partial charge in [0.2, 0.25) is 5.91 Å². The topological polar surface area (TPSA) is 84.2 Å². The number of rotatable bonds is 4. The van der Waals surface area contributed by atoms with Crippen LogP contribution >= 0.6 is 11.8 Å². The average Bonchev–Trinajstić information content (AvgIpc) is 2.85. The number of halogens is 2. The van der Waals surface area contributed by atoms with E-state index in [-0.39, 0.29) is 23.2 Å². The normalized spacial score (nSPS) is 14.0. The molecule has 1 amide bonds. The summed E-state index contributed by atoms with van der Waals surface area (Å²) in [5, 5.41) is 12.3. The zero-order valence-electron chi connectivity index (χ0n) is 13.8. The second-order valence-electron chi connectivity index (χ2n) is 5.54. The van der Waals surface area contributed by atoms with Crippen molar-refractivity contribution in [3.05, 3.63) is 41.1 Å². The van der Waals surface area contributed by atoms with Crippen LogP contribution < -0.4 is 14.8 Å². The maximum atomic E-state index is 13.0. The Morgan fingerprint density at radius 2 is 2.04 bits per heavy atom. The molecule has 0 fully saturated rings. The molecule has 9 heteroatoms. The quantitative estimate of drug-likeness (QED) is 0.820. The number of nitriles is 1. The number of pyridine rings is 1. The monoisotopic (exact) mass is 377 g/mol. The first-order valence-corrected chi connectivity index (χ1v) is 8.47. The molecule has 134 valence electrons. The highest BCUT2D eigenvalue weighted by Gasteiger charge is 2.43. The fraction of sp³-hybridized carbons (Fsp3) is 0.235. The SMILES string of the molecule is Cc1cc(C)c(C#N)c(SCC(=O)Nc2ccc3c(c2)OC(F)(F)O3)n1. The number of ether oxygens (including phenoxy) is 2. The Balaban J connectivity index is 1.65. The fourth-order valence-electron chi connectivity index (χ4n) is 2.40. The molecule has 1 aromatic carbocycles. The van der Waals surface area contributed by atoms with E-state index in [4.69, 9.17) is 0 Å². The van der Waals surface area contributed by atoms with Gasteiger partial charge < -0.3 is 14.8 Å². The molecular formula is C17H13F2N3O3S. The van der Waals surface area contributed by atoms with E-state index in [9.17, 15) is 18.8 Å². The number of fused-ring (bicyclic) bond motifs is 1. The van der Waals surface area contributed by atoms with Crippen LogP contribution in [0.2, 0.25) is 0 Å². The second kappa shape index (κ2) is 6.80. The molecule has 0 spiro atoms. The average molecular weight is 377 g/mol. The minimum Gasteiger partial charge on any atom is -0.395 e. The standard InChI is InChI=1S/C17H13F2N3O3S/c1-9-5-10(2)21-16(12(9)7-20)26-8-15(23)22-11-3-4-13-14(6-11)25-17(18,19)24-13/h3-6H,8H2,1-2H3,(H,22,23). The summed E-state index contributed by atoms with van der Waals surface area (Å²) in [6.45, 7) is 3.61. The number of thioether (sulfide) groups is 1. The molecule has 2 heterocycles. The summed E-state index contributed by atoms with van der Waals surface area (Å²) in [6.07, 6.45) is -3.71. The number of carbonyl (C=O) groups excluding carboxylic acids is 1. The van der Waals surface area contributed by atoms with Gasteiger partial charge in [-0.15, -0.1) is 8.78 Å². The van der Waals surface area contributed by atoms with Crippen molar-refractivity contribution in [1.29, 1.82) is 5.26 Å². The molecule has 0 saturated carbocycles. The maximum absolute atomic E-state index is 13.0. The van der Waals surface area contributed by atoms with Crippen molar-refractivity contribution < 1.29 is 23.0 Å². The zero-order valence-corrected chi connectivity index (χ0v) is 14.6. The van der Waals surface area contributed by atoms with Gasteiger partial charge in [-0.2, -0.15) is 5.26 Å². The van der Waals surface area contributed by atoms with E-state index in [0.29, 0.717) is 16.3 Å². The van der Waals surface area contributed by atoms with Crippen molar-refractivity contribution in [1.82, 2.24) is 4.98 Å². The molecular weight excluding hydrogens is 364 g/mol. The first-order chi connectivity index (χ1) is 12.3. The van der Waals surface area contributed by atoms with Crippen molar-refractivity contribution >= 4 is 23.4 Å². The van der Waals surface area contributed by atoms with Gasteiger partial charge in [0, 0.05) is 17.4 Å². The van der Waals surface area contributed by atoms with Crippen LogP contribution in [0.5, 0.6) is 11.5 Å². The number of amides is 1. The molecule has 26 heavy (non-hydrogen) atoms. The van der Waals surface area contributed by atoms with Gasteiger partial charge >= 0.3 is 6.29 Å². The Bertz CT molecular complexity index is 928. The minimum absolute atomic E-state index is 0.00910. The van der Waals surface area contributed by atoms with Crippen molar-refractivity contribution in [2.75, 3.05) is 11.1 Å². The summed E-state index contributed by atoms with van der Waals surface area (Å²) in [5.74, 6) is -0.607. The van der Waals surface area contributed by atoms with Crippen molar-refractivity contribution in [3.63, 3.8) is 0 Å². The van der Waals surface area contributed by atoms with Crippen LogP contribution in [0.3, 0.4) is 0 Å². The number of aromatic nitrogens is 1. The first-order valence-electron chi connectivity index (χ1n) is 7.48. The minimum atomic E-state index is -3.71. The molecule has 1 aromatic heterocycles. The lowest BCUT2D eigenvalue weighted by Crippen LogP contribution is -2.25. The van der Waals surface area contributed by atoms with E-state index in [2.05, 4.69) is 25.8 Å². The summed E-state index contributed by atoms with van der Waals surface area (Å²) < 4.78 is 34.7. The van der Waals surface area contributed by atoms with E-state index in [1.54, 1.807) is 19.9 Å². The van der Waals surface area contributed by atoms with Gasteiger partial charge in [0.15, 0.2) is 11.5 Å². The molecule has 0 radical (unpaired) electrons. The van der Waals surface area contributed by atoms with E-state index in [1.807, 2.05) is 0 Å². The molecule has 0 saturated heterocycles. The number of anilines is 1. The van der Waals surface area contributed by atoms with Crippen LogP contribution in [-0.4, -0.2) is 22.9 Å². The summed E-state index contributed by atoms with van der Waals surface area (Å²) in [5.41, 5.74) is 2.27. The van der Waals surface area contributed by atoms with Crippen molar-refractivity contribution in [3.8, 4) is 17.6 Å². The molecule has 0 aliphatic carbocycles. The number of benzene rings is 1. The fourth-order valence-corrected chi connectivity index (χ4v) is 3.30. The van der Waals surface area contributed by atoms with Gasteiger partial charge in [0.05, 0.1) is 11.3 Å². The lowest BCUT2D eigenvalue weighted by Gasteiger charge is -2.08. The predicted octanol–water partition coefficient (Wildman–Crippen LogP) is 3.62. The largest absolute Gasteiger partial charge is 0.586 e. The van der Waals surface area contributed by atoms with E-state index < -0.39 is 6.29 Å². The smallest absolute Gasteiger partial charge is 0.395 e. The van der Waals surface area contributed by atoms with Crippen LogP contribution in [0.4, 0.5) is 14.5 Å². The van der Waals surface area contributed by atoms with Gasteiger partial charge in [-0.3, -0.25) is 4.79 Å². The summed E-state index contributed by atoms with van der Waals surface area (Å²) in [4.78, 5) is 16.4. The summed E-state index contributed by atoms with van der Waals surface area (Å²) in [7, 11) is 0. The number of alkyl halides is 2. The van der Waals surface area contributed by atoms with Crippen molar-refractivity contribution in [2.24, 2.45) is 0 Å². The van der Waals surface area contributed by atoms with Crippen molar-refractivity contribution in [2.45, 2.75) is 25.2 Å². The molecule has 1 aliphatic rings. The highest BCUT2D eigenvalue weighted by atomic mass is 32.2. The molecule has 3 rings (SSSR count). The van der Waals surface area contributed by atoms with Gasteiger partial charge in [-0.1, -0.05) is 11.8 Å². The predicted molar refractivity (Wildman–Crippen MR) is 90.4 cm³/mol. The molecule has 0 bridgehead atoms. The Kier molecular flexibility index (Phi) is 4.70. The van der Waals surface area contributed by atoms with Gasteiger partial charge in [0.1, 0.15) is 11.1 Å². The molecule has 0 atom stereocenters. The second-order valence-corrected chi connectivity index (χ2v) is 6.50. The lowest BCUT2D eigenvalue weighted by molar-refractivity contribution is -0.286. The van der Waals surface area contributed by atoms with E-state index >= 15 is 0 Å². The number of hydrogen-bond donors (Lipinski definition) is 1. The first kappa shape index (κ1) is 17.9. The Hall–Kier alpha value is -2.86. The number of aryl methyl sites for hydroxylation is 2. The third-order valence-electron chi connectivity index (χ3n) is 3.45. The van der Waals surface area contributed by atoms with Gasteiger partial charge in [-0.05, 0) is 37.6 Å². The molecule has 6 nitrogen and oxygen atoms in total. The Labute approximate surface area is 152 Å². The number of nitrogens with one attached hydrogen (secondary N) is 1. The molecule has 1 N–H and O–H groups in total. The number of nitrogens with zero attached hydrogens (tertiary/aromatic N) is 2. The van der Waals surface area contributed by atoms with Gasteiger partial charge in [0.25, 0.3) is 0 Å². The molecule has 0 unspecified atom stereocenters. The van der Waals surface area contributed by atoms with Crippen LogP contribution in [0, 0.1) is 25.2 Å². The van der Waals surface area contributed by atoms with Crippen LogP contribution in [-0.2, 0) is 4.79 Å². The summed E-state index contributed by atoms with van der Waals surface area (Å²) in [6, 6.07) is 7.86. The molecule has 2 aromatic rings. The van der Waals surface area contributed by atoms with Crippen LogP contribution in [0.1, 0.15) is 16.8 Å². The number of carbonyl (C=O) groups is 1. The zero-order chi connectivity index (χ0) is 18.9. The lowest BCUT2D eigenvalue weighted by atomic mass is 10.1. The maximum Gasteiger partial charge on any atom is 0.586 e. The van der Waals surface area contributed by atoms with Crippen LogP contribution in [0.25, 0.3) is 0 Å². The van der Waals surface area contributed by atoms with Crippen LogP contribution in [0.15, 0.2) is 29.3 Å². The van der Waals surface area contributed by atoms with E-state index in [1.165, 1.54) is 18.2 Å². The van der Waals surface area contributed by atoms with Gasteiger partial charge in [-0.25, -0.2) is 4.98 Å². The number of hydrogen-bond acceptors (Lipinski definition) is 6. The highest BCUT2D eigenvalue weighted by molar-refractivity contribution is 8.00. The Morgan fingerprint density at radius 1 is 1.31 bits per heavy atom. The third-order valence-corrected chi connectivity index (χ3v) is 4.42. The molecule has 1 aliphatic heterocycles.